The van der Waals surface area contributed by atoms with Crippen molar-refractivity contribution in [1.82, 2.24) is 5.32 Å². The van der Waals surface area contributed by atoms with Gasteiger partial charge in [-0.3, -0.25) is 4.79 Å². The van der Waals surface area contributed by atoms with Crippen molar-refractivity contribution in [2.75, 3.05) is 12.4 Å². The third kappa shape index (κ3) is 4.24. The third-order valence-electron chi connectivity index (χ3n) is 1.59. The molecule has 0 saturated heterocycles. The molecule has 0 saturated carbocycles. The molecule has 0 bridgehead atoms. The second kappa shape index (κ2) is 6.34. The molecule has 4 heteroatoms. The largest absolute Gasteiger partial charge is 0.344 e. The number of hydrogen-bond donors (Lipinski definition) is 1. The van der Waals surface area contributed by atoms with Gasteiger partial charge in [0.05, 0.1) is 11.6 Å². The molecule has 0 unspecified atom stereocenters. The third-order valence-corrected chi connectivity index (χ3v) is 2.16. The lowest BCUT2D eigenvalue weighted by Gasteiger charge is -1.95. The first-order chi connectivity index (χ1) is 7.24. The van der Waals surface area contributed by atoms with Crippen LogP contribution in [-0.2, 0) is 4.79 Å². The smallest absolute Gasteiger partial charge is 0.235 e. The van der Waals surface area contributed by atoms with E-state index in [-0.39, 0.29) is 18.3 Å². The molecule has 0 radical (unpaired) electrons. The zero-order valence-electron chi connectivity index (χ0n) is 7.89. The van der Waals surface area contributed by atoms with E-state index < -0.39 is 0 Å². The van der Waals surface area contributed by atoms with Crippen LogP contribution in [0.25, 0.3) is 0 Å². The zero-order chi connectivity index (χ0) is 11.1. The summed E-state index contributed by atoms with van der Waals surface area (Å²) in [5.41, 5.74) is 0.749. The van der Waals surface area contributed by atoms with Crippen LogP contribution in [-0.4, -0.2) is 18.3 Å². The fourth-order valence-corrected chi connectivity index (χ4v) is 1.17. The fourth-order valence-electron chi connectivity index (χ4n) is 0.892. The van der Waals surface area contributed by atoms with Gasteiger partial charge >= 0.3 is 0 Å². The predicted molar refractivity (Wildman–Crippen MR) is 62.1 cm³/mol. The van der Waals surface area contributed by atoms with Gasteiger partial charge in [0.1, 0.15) is 5.88 Å². The number of alkyl halides is 1. The number of hydrogen-bond acceptors (Lipinski definition) is 1. The maximum atomic E-state index is 10.8. The molecule has 0 atom stereocenters. The van der Waals surface area contributed by atoms with Gasteiger partial charge in [-0.15, -0.1) is 11.6 Å². The number of benzene rings is 1. The average Bonchev–Trinajstić information content (AvgIpc) is 2.26. The molecule has 78 valence electrons. The van der Waals surface area contributed by atoms with Crippen LogP contribution >= 0.6 is 23.2 Å². The Labute approximate surface area is 98.6 Å². The van der Waals surface area contributed by atoms with Gasteiger partial charge < -0.3 is 5.32 Å². The molecule has 2 nitrogen and oxygen atoms in total. The molecule has 0 aromatic heterocycles. The van der Waals surface area contributed by atoms with Crippen molar-refractivity contribution in [3.05, 3.63) is 34.9 Å². The Bertz CT molecular complexity index is 407. The van der Waals surface area contributed by atoms with E-state index in [9.17, 15) is 4.79 Å². The number of nitrogens with one attached hydrogen (secondary N) is 1. The van der Waals surface area contributed by atoms with Gasteiger partial charge in [-0.25, -0.2) is 0 Å². The Hall–Kier alpha value is -1.17. The Balaban J connectivity index is 2.52. The Morgan fingerprint density at radius 3 is 2.80 bits per heavy atom. The molecule has 1 aromatic rings. The van der Waals surface area contributed by atoms with Gasteiger partial charge in [0.2, 0.25) is 5.91 Å². The summed E-state index contributed by atoms with van der Waals surface area (Å²) in [4.78, 5) is 10.8. The van der Waals surface area contributed by atoms with E-state index in [4.69, 9.17) is 23.2 Å². The maximum Gasteiger partial charge on any atom is 0.235 e. The van der Waals surface area contributed by atoms with E-state index in [0.717, 1.165) is 5.56 Å². The first-order valence-corrected chi connectivity index (χ1v) is 5.21. The average molecular weight is 242 g/mol. The van der Waals surface area contributed by atoms with Crippen LogP contribution in [0.2, 0.25) is 5.02 Å². The molecule has 0 heterocycles. The molecular formula is C11H9Cl2NO. The minimum absolute atomic E-state index is 0.0478. The summed E-state index contributed by atoms with van der Waals surface area (Å²) in [5.74, 6) is 5.36. The van der Waals surface area contributed by atoms with Crippen molar-refractivity contribution in [2.24, 2.45) is 0 Å². The van der Waals surface area contributed by atoms with Crippen molar-refractivity contribution in [3.63, 3.8) is 0 Å². The van der Waals surface area contributed by atoms with Crippen LogP contribution in [0.3, 0.4) is 0 Å². The first-order valence-electron chi connectivity index (χ1n) is 4.30. The topological polar surface area (TPSA) is 29.1 Å². The fraction of sp³-hybridized carbons (Fsp3) is 0.182. The van der Waals surface area contributed by atoms with Crippen molar-refractivity contribution < 1.29 is 4.79 Å². The van der Waals surface area contributed by atoms with E-state index in [2.05, 4.69) is 17.2 Å². The van der Waals surface area contributed by atoms with Crippen molar-refractivity contribution in [3.8, 4) is 11.8 Å². The van der Waals surface area contributed by atoms with Crippen LogP contribution in [0.5, 0.6) is 0 Å². The minimum Gasteiger partial charge on any atom is -0.344 e. The lowest BCUT2D eigenvalue weighted by Crippen LogP contribution is -2.24. The maximum absolute atomic E-state index is 10.8. The summed E-state index contributed by atoms with van der Waals surface area (Å²) in [7, 11) is 0. The van der Waals surface area contributed by atoms with Crippen LogP contribution in [0.1, 0.15) is 5.56 Å². The lowest BCUT2D eigenvalue weighted by atomic mass is 10.2. The summed E-state index contributed by atoms with van der Waals surface area (Å²) in [5, 5.41) is 3.14. The summed E-state index contributed by atoms with van der Waals surface area (Å²) in [6.07, 6.45) is 0. The van der Waals surface area contributed by atoms with Gasteiger partial charge in [-0.05, 0) is 12.1 Å². The van der Waals surface area contributed by atoms with Gasteiger partial charge in [0.15, 0.2) is 0 Å². The highest BCUT2D eigenvalue weighted by molar-refractivity contribution is 6.31. The molecule has 1 N–H and O–H groups in total. The number of carbonyl (C=O) groups excluding carboxylic acids is 1. The monoisotopic (exact) mass is 241 g/mol. The minimum atomic E-state index is -0.231. The van der Waals surface area contributed by atoms with E-state index in [1.807, 2.05) is 18.2 Å². The molecule has 0 aliphatic rings. The Kier molecular flexibility index (Phi) is 5.03. The molecule has 0 aliphatic heterocycles. The highest BCUT2D eigenvalue weighted by atomic mass is 35.5. The van der Waals surface area contributed by atoms with Gasteiger partial charge in [0.25, 0.3) is 0 Å². The summed E-state index contributed by atoms with van der Waals surface area (Å²) in [6.45, 7) is 0.275. The summed E-state index contributed by atoms with van der Waals surface area (Å²) < 4.78 is 0. The molecule has 15 heavy (non-hydrogen) atoms. The van der Waals surface area contributed by atoms with Crippen LogP contribution < -0.4 is 5.32 Å². The summed E-state index contributed by atoms with van der Waals surface area (Å²) >= 11 is 11.2. The Morgan fingerprint density at radius 2 is 2.13 bits per heavy atom. The summed E-state index contributed by atoms with van der Waals surface area (Å²) in [6, 6.07) is 7.28. The molecule has 1 rings (SSSR count). The molecule has 1 amide bonds. The van der Waals surface area contributed by atoms with Gasteiger partial charge in [0, 0.05) is 5.56 Å². The second-order valence-corrected chi connectivity index (χ2v) is 3.37. The zero-order valence-corrected chi connectivity index (χ0v) is 9.40. The lowest BCUT2D eigenvalue weighted by molar-refractivity contribution is -0.118. The van der Waals surface area contributed by atoms with Crippen LogP contribution in [0.15, 0.2) is 24.3 Å². The normalized spacial score (nSPS) is 8.93. The van der Waals surface area contributed by atoms with E-state index >= 15 is 0 Å². The second-order valence-electron chi connectivity index (χ2n) is 2.69. The van der Waals surface area contributed by atoms with Crippen LogP contribution in [0, 0.1) is 11.8 Å². The standard InChI is InChI=1S/C11H9Cl2NO/c12-8-11(15)14-7-3-5-9-4-1-2-6-10(9)13/h1-2,4,6H,7-8H2,(H,14,15). The predicted octanol–water partition coefficient (Wildman–Crippen LogP) is 2.05. The number of halogens is 2. The van der Waals surface area contributed by atoms with E-state index in [0.29, 0.717) is 5.02 Å². The van der Waals surface area contributed by atoms with E-state index in [1.165, 1.54) is 0 Å². The van der Waals surface area contributed by atoms with Crippen molar-refractivity contribution in [1.29, 1.82) is 0 Å². The highest BCUT2D eigenvalue weighted by Gasteiger charge is 1.94. The van der Waals surface area contributed by atoms with Gasteiger partial charge in [-0.2, -0.15) is 0 Å². The molecule has 0 aliphatic carbocycles. The number of amides is 1. The van der Waals surface area contributed by atoms with E-state index in [1.54, 1.807) is 6.07 Å². The number of rotatable bonds is 2. The Morgan fingerprint density at radius 1 is 1.40 bits per heavy atom. The van der Waals surface area contributed by atoms with Crippen molar-refractivity contribution in [2.45, 2.75) is 0 Å². The quantitative estimate of drug-likeness (QED) is 0.624. The molecule has 0 spiro atoms. The SMILES string of the molecule is O=C(CCl)NCC#Cc1ccccc1Cl. The number of carbonyl (C=O) groups is 1. The van der Waals surface area contributed by atoms with Gasteiger partial charge in [-0.1, -0.05) is 35.6 Å². The van der Waals surface area contributed by atoms with Crippen LogP contribution in [0.4, 0.5) is 0 Å². The first kappa shape index (κ1) is 11.9. The van der Waals surface area contributed by atoms with Crippen molar-refractivity contribution >= 4 is 29.1 Å². The highest BCUT2D eigenvalue weighted by Crippen LogP contribution is 2.12. The molecule has 1 aromatic carbocycles. The molecular weight excluding hydrogens is 233 g/mol. The molecule has 0 fully saturated rings.